The van der Waals surface area contributed by atoms with Crippen LogP contribution in [0, 0.1) is 5.41 Å². The lowest BCUT2D eigenvalue weighted by molar-refractivity contribution is 0.166. The molecule has 20 heavy (non-hydrogen) atoms. The third-order valence-corrected chi connectivity index (χ3v) is 4.11. The highest BCUT2D eigenvalue weighted by atomic mass is 16.5. The van der Waals surface area contributed by atoms with Crippen LogP contribution >= 0.6 is 0 Å². The Morgan fingerprint density at radius 1 is 1.05 bits per heavy atom. The van der Waals surface area contributed by atoms with Gasteiger partial charge in [0.1, 0.15) is 11.6 Å². The highest BCUT2D eigenvalue weighted by Gasteiger charge is 2.20. The molecule has 3 N–H and O–H groups in total. The lowest BCUT2D eigenvalue weighted by Crippen LogP contribution is -2.18. The van der Waals surface area contributed by atoms with Crippen LogP contribution in [0.15, 0.2) is 23.2 Å². The number of aliphatic imine (C=N–C) groups is 1. The Morgan fingerprint density at radius 2 is 1.75 bits per heavy atom. The molecule has 1 aromatic rings. The number of fused-ring (bicyclic) bond motifs is 1. The molecular weight excluding hydrogens is 250 g/mol. The standard InChI is InChI=1S/C16H21N3O/c17-15-13-9-8-12(10-14(13)16(18)19-15)20-11-6-4-2-1-3-5-7-11/h8-11H,1-7H2,(H3,17,18,19). The number of nitrogens with one attached hydrogen (secondary N) is 1. The van der Waals surface area contributed by atoms with Crippen molar-refractivity contribution in [1.29, 1.82) is 5.41 Å². The van der Waals surface area contributed by atoms with Crippen LogP contribution in [-0.4, -0.2) is 17.8 Å². The number of nitrogens with zero attached hydrogens (tertiary/aromatic N) is 1. The Hall–Kier alpha value is -1.84. The molecule has 1 aliphatic heterocycles. The fraction of sp³-hybridized carbons (Fsp3) is 0.500. The molecule has 0 amide bonds. The maximum absolute atomic E-state index is 7.82. The molecule has 4 heteroatoms. The Bertz CT molecular complexity index is 543. The Morgan fingerprint density at radius 3 is 2.50 bits per heavy atom. The number of amidine groups is 2. The van der Waals surface area contributed by atoms with E-state index in [-0.39, 0.29) is 5.84 Å². The van der Waals surface area contributed by atoms with Gasteiger partial charge in [0, 0.05) is 11.1 Å². The normalized spacial score (nSPS) is 20.0. The average Bonchev–Trinajstić information content (AvgIpc) is 2.68. The molecule has 0 spiro atoms. The predicted octanol–water partition coefficient (Wildman–Crippen LogP) is 3.22. The summed E-state index contributed by atoms with van der Waals surface area (Å²) in [5.41, 5.74) is 7.41. The fourth-order valence-electron chi connectivity index (χ4n) is 2.99. The molecule has 1 saturated carbocycles. The van der Waals surface area contributed by atoms with E-state index in [1.165, 1.54) is 32.1 Å². The third kappa shape index (κ3) is 2.69. The molecule has 1 heterocycles. The lowest BCUT2D eigenvalue weighted by atomic mass is 9.98. The molecular formula is C16H21N3O. The zero-order chi connectivity index (χ0) is 13.9. The Kier molecular flexibility index (Phi) is 3.72. The van der Waals surface area contributed by atoms with E-state index in [0.717, 1.165) is 29.7 Å². The molecule has 0 saturated heterocycles. The van der Waals surface area contributed by atoms with E-state index in [9.17, 15) is 0 Å². The molecule has 2 aliphatic rings. The fourth-order valence-corrected chi connectivity index (χ4v) is 2.99. The first kappa shape index (κ1) is 13.2. The molecule has 3 rings (SSSR count). The SMILES string of the molecule is N=C1N=C(N)c2ccc(OC3CCCCCCC3)cc21. The van der Waals surface area contributed by atoms with Crippen molar-refractivity contribution >= 4 is 11.7 Å². The van der Waals surface area contributed by atoms with Crippen LogP contribution in [0.5, 0.6) is 5.75 Å². The van der Waals surface area contributed by atoms with Gasteiger partial charge in [-0.25, -0.2) is 4.99 Å². The van der Waals surface area contributed by atoms with Crippen molar-refractivity contribution in [2.45, 2.75) is 51.0 Å². The largest absolute Gasteiger partial charge is 0.490 e. The molecule has 0 unspecified atom stereocenters. The molecule has 0 radical (unpaired) electrons. The monoisotopic (exact) mass is 271 g/mol. The summed E-state index contributed by atoms with van der Waals surface area (Å²) >= 11 is 0. The molecule has 106 valence electrons. The number of hydrogen-bond donors (Lipinski definition) is 2. The quantitative estimate of drug-likeness (QED) is 0.866. The Balaban J connectivity index is 1.72. The highest BCUT2D eigenvalue weighted by Crippen LogP contribution is 2.26. The van der Waals surface area contributed by atoms with Crippen LogP contribution < -0.4 is 10.5 Å². The van der Waals surface area contributed by atoms with Crippen LogP contribution in [-0.2, 0) is 0 Å². The van der Waals surface area contributed by atoms with Gasteiger partial charge in [0.25, 0.3) is 0 Å². The minimum absolute atomic E-state index is 0.237. The first-order chi connectivity index (χ1) is 9.74. The molecule has 1 fully saturated rings. The van der Waals surface area contributed by atoms with Crippen LogP contribution in [0.4, 0.5) is 0 Å². The lowest BCUT2D eigenvalue weighted by Gasteiger charge is -2.21. The van der Waals surface area contributed by atoms with Crippen molar-refractivity contribution in [3.63, 3.8) is 0 Å². The van der Waals surface area contributed by atoms with Crippen molar-refractivity contribution in [3.8, 4) is 5.75 Å². The average molecular weight is 271 g/mol. The molecule has 4 nitrogen and oxygen atoms in total. The number of hydrogen-bond acceptors (Lipinski definition) is 3. The van der Waals surface area contributed by atoms with Gasteiger partial charge >= 0.3 is 0 Å². The number of benzene rings is 1. The first-order valence-electron chi connectivity index (χ1n) is 7.48. The molecule has 0 aromatic heterocycles. The van der Waals surface area contributed by atoms with Gasteiger partial charge in [-0.2, -0.15) is 0 Å². The van der Waals surface area contributed by atoms with E-state index in [1.807, 2.05) is 18.2 Å². The van der Waals surface area contributed by atoms with E-state index in [4.69, 9.17) is 15.9 Å². The molecule has 1 aliphatic carbocycles. The summed E-state index contributed by atoms with van der Waals surface area (Å²) in [6, 6.07) is 5.76. The van der Waals surface area contributed by atoms with Crippen LogP contribution in [0.1, 0.15) is 56.1 Å². The second-order valence-corrected chi connectivity index (χ2v) is 5.64. The minimum Gasteiger partial charge on any atom is -0.490 e. The first-order valence-corrected chi connectivity index (χ1v) is 7.48. The maximum Gasteiger partial charge on any atom is 0.155 e. The summed E-state index contributed by atoms with van der Waals surface area (Å²) in [6.07, 6.45) is 9.07. The summed E-state index contributed by atoms with van der Waals surface area (Å²) in [4.78, 5) is 3.99. The summed E-state index contributed by atoms with van der Waals surface area (Å²) in [7, 11) is 0. The van der Waals surface area contributed by atoms with Crippen LogP contribution in [0.2, 0.25) is 0 Å². The molecule has 0 atom stereocenters. The summed E-state index contributed by atoms with van der Waals surface area (Å²) in [5.74, 6) is 1.51. The van der Waals surface area contributed by atoms with Gasteiger partial charge in [-0.1, -0.05) is 19.3 Å². The van der Waals surface area contributed by atoms with Gasteiger partial charge in [0.15, 0.2) is 5.84 Å². The summed E-state index contributed by atoms with van der Waals surface area (Å²) in [5, 5.41) is 7.82. The zero-order valence-electron chi connectivity index (χ0n) is 11.7. The van der Waals surface area contributed by atoms with E-state index in [0.29, 0.717) is 11.9 Å². The predicted molar refractivity (Wildman–Crippen MR) is 80.7 cm³/mol. The third-order valence-electron chi connectivity index (χ3n) is 4.11. The van der Waals surface area contributed by atoms with Crippen molar-refractivity contribution in [2.75, 3.05) is 0 Å². The second kappa shape index (κ2) is 5.65. The Labute approximate surface area is 119 Å². The summed E-state index contributed by atoms with van der Waals surface area (Å²) < 4.78 is 6.11. The smallest absolute Gasteiger partial charge is 0.155 e. The zero-order valence-corrected chi connectivity index (χ0v) is 11.7. The number of rotatable bonds is 2. The van der Waals surface area contributed by atoms with Gasteiger partial charge in [-0.3, -0.25) is 5.41 Å². The second-order valence-electron chi connectivity index (χ2n) is 5.64. The van der Waals surface area contributed by atoms with Crippen LogP contribution in [0.3, 0.4) is 0 Å². The van der Waals surface area contributed by atoms with E-state index < -0.39 is 0 Å². The van der Waals surface area contributed by atoms with Gasteiger partial charge < -0.3 is 10.5 Å². The summed E-state index contributed by atoms with van der Waals surface area (Å²) in [6.45, 7) is 0. The van der Waals surface area contributed by atoms with Crippen molar-refractivity contribution < 1.29 is 4.74 Å². The van der Waals surface area contributed by atoms with Crippen LogP contribution in [0.25, 0.3) is 0 Å². The van der Waals surface area contributed by atoms with Gasteiger partial charge in [0.2, 0.25) is 0 Å². The van der Waals surface area contributed by atoms with E-state index >= 15 is 0 Å². The highest BCUT2D eigenvalue weighted by molar-refractivity contribution is 6.20. The maximum atomic E-state index is 7.82. The van der Waals surface area contributed by atoms with E-state index in [2.05, 4.69) is 4.99 Å². The van der Waals surface area contributed by atoms with Crippen molar-refractivity contribution in [1.82, 2.24) is 0 Å². The van der Waals surface area contributed by atoms with E-state index in [1.54, 1.807) is 0 Å². The number of nitrogens with two attached hydrogens (primary N) is 1. The van der Waals surface area contributed by atoms with Crippen molar-refractivity contribution in [3.05, 3.63) is 29.3 Å². The van der Waals surface area contributed by atoms with Gasteiger partial charge in [0.05, 0.1) is 6.10 Å². The van der Waals surface area contributed by atoms with Crippen molar-refractivity contribution in [2.24, 2.45) is 10.7 Å². The van der Waals surface area contributed by atoms with Gasteiger partial charge in [-0.15, -0.1) is 0 Å². The van der Waals surface area contributed by atoms with Gasteiger partial charge in [-0.05, 0) is 43.9 Å². The molecule has 1 aromatic carbocycles. The minimum atomic E-state index is 0.237. The molecule has 0 bridgehead atoms. The topological polar surface area (TPSA) is 71.5 Å². The number of ether oxygens (including phenoxy) is 1.